The molecule has 10 heteroatoms. The average Bonchev–Trinajstić information content (AvgIpc) is 2.45. The molecule has 2 aromatic rings. The Morgan fingerprint density at radius 3 is 2.50 bits per heavy atom. The van der Waals surface area contributed by atoms with E-state index in [4.69, 9.17) is 16.3 Å². The molecule has 0 bridgehead atoms. The van der Waals surface area contributed by atoms with Crippen LogP contribution in [-0.2, 0) is 14.9 Å². The van der Waals surface area contributed by atoms with Gasteiger partial charge in [-0.05, 0) is 30.5 Å². The molecular formula is C14H10ClF3O5S. The van der Waals surface area contributed by atoms with Crippen LogP contribution in [-0.4, -0.2) is 26.5 Å². The van der Waals surface area contributed by atoms with E-state index in [2.05, 4.69) is 4.18 Å². The van der Waals surface area contributed by atoms with E-state index in [1.165, 1.54) is 25.1 Å². The van der Waals surface area contributed by atoms with E-state index in [9.17, 15) is 26.4 Å². The summed E-state index contributed by atoms with van der Waals surface area (Å²) in [4.78, 5) is 12.0. The van der Waals surface area contributed by atoms with Gasteiger partial charge in [0.1, 0.15) is 0 Å². The quantitative estimate of drug-likeness (QED) is 0.455. The Hall–Kier alpha value is -2.00. The van der Waals surface area contributed by atoms with Crippen LogP contribution < -0.4 is 4.18 Å². The van der Waals surface area contributed by atoms with Gasteiger partial charge in [0, 0.05) is 10.4 Å². The van der Waals surface area contributed by atoms with Crippen LogP contribution in [0.3, 0.4) is 0 Å². The fourth-order valence-corrected chi connectivity index (χ4v) is 2.66. The van der Waals surface area contributed by atoms with Crippen LogP contribution in [0.15, 0.2) is 30.3 Å². The Bertz CT molecular complexity index is 893. The summed E-state index contributed by atoms with van der Waals surface area (Å²) in [5, 5.41) is 0.204. The molecule has 0 radical (unpaired) electrons. The summed E-state index contributed by atoms with van der Waals surface area (Å²) in [7, 11) is -5.89. The molecule has 0 unspecified atom stereocenters. The van der Waals surface area contributed by atoms with Crippen molar-refractivity contribution in [3.8, 4) is 5.75 Å². The normalized spacial score (nSPS) is 12.2. The van der Waals surface area contributed by atoms with Gasteiger partial charge in [0.25, 0.3) is 0 Å². The lowest BCUT2D eigenvalue weighted by molar-refractivity contribution is -0.0499. The summed E-state index contributed by atoms with van der Waals surface area (Å²) in [6.45, 7) is 1.55. The molecule has 130 valence electrons. The number of ether oxygens (including phenoxy) is 1. The first-order valence-corrected chi connectivity index (χ1v) is 8.25. The maximum absolute atomic E-state index is 12.5. The lowest BCUT2D eigenvalue weighted by atomic mass is 10.0. The summed E-state index contributed by atoms with van der Waals surface area (Å²) in [5.74, 6) is -1.52. The molecule has 0 aliphatic rings. The van der Waals surface area contributed by atoms with Crippen LogP contribution in [0.5, 0.6) is 5.75 Å². The second-order valence-corrected chi connectivity index (χ2v) is 6.49. The molecule has 24 heavy (non-hydrogen) atoms. The van der Waals surface area contributed by atoms with Gasteiger partial charge in [0.05, 0.1) is 12.2 Å². The zero-order valence-corrected chi connectivity index (χ0v) is 13.6. The van der Waals surface area contributed by atoms with Gasteiger partial charge in [-0.3, -0.25) is 0 Å². The van der Waals surface area contributed by atoms with Crippen molar-refractivity contribution < 1.29 is 35.3 Å². The van der Waals surface area contributed by atoms with Crippen LogP contribution in [0.1, 0.15) is 17.3 Å². The Morgan fingerprint density at radius 2 is 1.92 bits per heavy atom. The topological polar surface area (TPSA) is 69.7 Å². The average molecular weight is 383 g/mol. The molecule has 2 aromatic carbocycles. The van der Waals surface area contributed by atoms with Gasteiger partial charge in [-0.15, -0.1) is 0 Å². The molecule has 0 saturated heterocycles. The number of fused-ring (bicyclic) bond motifs is 1. The van der Waals surface area contributed by atoms with Crippen molar-refractivity contribution >= 4 is 38.5 Å². The van der Waals surface area contributed by atoms with Gasteiger partial charge < -0.3 is 8.92 Å². The number of hydrogen-bond donors (Lipinski definition) is 0. The van der Waals surface area contributed by atoms with E-state index in [1.807, 2.05) is 0 Å². The van der Waals surface area contributed by atoms with Crippen molar-refractivity contribution in [1.82, 2.24) is 0 Å². The number of hydrogen-bond acceptors (Lipinski definition) is 5. The highest BCUT2D eigenvalue weighted by Gasteiger charge is 2.48. The Labute approximate surface area is 140 Å². The van der Waals surface area contributed by atoms with Gasteiger partial charge in [-0.25, -0.2) is 4.79 Å². The molecule has 5 nitrogen and oxygen atoms in total. The third kappa shape index (κ3) is 3.57. The molecule has 0 N–H and O–H groups in total. The zero-order chi connectivity index (χ0) is 18.1. The Balaban J connectivity index is 2.70. The predicted octanol–water partition coefficient (Wildman–Crippen LogP) is 3.90. The van der Waals surface area contributed by atoms with Crippen molar-refractivity contribution in [2.45, 2.75) is 12.4 Å². The van der Waals surface area contributed by atoms with Crippen LogP contribution in [0.2, 0.25) is 5.02 Å². The van der Waals surface area contributed by atoms with E-state index in [1.54, 1.807) is 0 Å². The number of halogens is 4. The van der Waals surface area contributed by atoms with E-state index in [-0.39, 0.29) is 28.0 Å². The number of alkyl halides is 3. The van der Waals surface area contributed by atoms with Gasteiger partial charge in [0.15, 0.2) is 5.75 Å². The largest absolute Gasteiger partial charge is 0.534 e. The third-order valence-electron chi connectivity index (χ3n) is 2.88. The minimum Gasteiger partial charge on any atom is -0.462 e. The minimum absolute atomic E-state index is 0.0106. The highest BCUT2D eigenvalue weighted by molar-refractivity contribution is 7.88. The molecular weight excluding hydrogens is 373 g/mol. The maximum atomic E-state index is 12.5. The fourth-order valence-electron chi connectivity index (χ4n) is 1.96. The summed E-state index contributed by atoms with van der Waals surface area (Å²) >= 11 is 5.88. The van der Waals surface area contributed by atoms with Crippen molar-refractivity contribution in [1.29, 1.82) is 0 Å². The van der Waals surface area contributed by atoms with Crippen molar-refractivity contribution in [3.63, 3.8) is 0 Å². The third-order valence-corrected chi connectivity index (χ3v) is 4.07. The second-order valence-electron chi connectivity index (χ2n) is 4.51. The number of esters is 1. The lowest BCUT2D eigenvalue weighted by Gasteiger charge is -2.14. The monoisotopic (exact) mass is 382 g/mol. The van der Waals surface area contributed by atoms with Crippen LogP contribution in [0, 0.1) is 0 Å². The number of rotatable bonds is 4. The van der Waals surface area contributed by atoms with E-state index < -0.39 is 27.3 Å². The molecule has 0 spiro atoms. The fraction of sp³-hybridized carbons (Fsp3) is 0.214. The van der Waals surface area contributed by atoms with Crippen molar-refractivity contribution in [2.75, 3.05) is 6.61 Å². The number of carbonyl (C=O) groups excluding carboxylic acids is 1. The number of benzene rings is 2. The van der Waals surface area contributed by atoms with Crippen molar-refractivity contribution in [3.05, 3.63) is 40.9 Å². The highest BCUT2D eigenvalue weighted by Crippen LogP contribution is 2.35. The standard InChI is InChI=1S/C14H10ClF3O5S/c1-2-22-13(19)10-7-9(15)6-8-4-3-5-11(12(8)10)23-24(20,21)14(16,17)18/h3-7H,2H2,1H3. The molecule has 2 rings (SSSR count). The molecule has 0 saturated carbocycles. The van der Waals surface area contributed by atoms with Gasteiger partial charge >= 0.3 is 21.6 Å². The SMILES string of the molecule is CCOC(=O)c1cc(Cl)cc2cccc(OS(=O)(=O)C(F)(F)F)c12. The van der Waals surface area contributed by atoms with Gasteiger partial charge in [-0.1, -0.05) is 23.7 Å². The molecule has 0 aromatic heterocycles. The first-order chi connectivity index (χ1) is 11.1. The second kappa shape index (κ2) is 6.48. The van der Waals surface area contributed by atoms with E-state index in [0.29, 0.717) is 0 Å². The minimum atomic E-state index is -5.89. The van der Waals surface area contributed by atoms with Crippen molar-refractivity contribution in [2.24, 2.45) is 0 Å². The van der Waals surface area contributed by atoms with Crippen LogP contribution in [0.4, 0.5) is 13.2 Å². The molecule has 0 aliphatic heterocycles. The van der Waals surface area contributed by atoms with Crippen LogP contribution >= 0.6 is 11.6 Å². The van der Waals surface area contributed by atoms with E-state index >= 15 is 0 Å². The first kappa shape index (κ1) is 18.3. The van der Waals surface area contributed by atoms with Gasteiger partial charge in [0.2, 0.25) is 0 Å². The van der Waals surface area contributed by atoms with E-state index in [0.717, 1.165) is 12.1 Å². The zero-order valence-electron chi connectivity index (χ0n) is 12.1. The molecule has 0 amide bonds. The summed E-state index contributed by atoms with van der Waals surface area (Å²) < 4.78 is 69.1. The van der Waals surface area contributed by atoms with Crippen LogP contribution in [0.25, 0.3) is 10.8 Å². The smallest absolute Gasteiger partial charge is 0.462 e. The first-order valence-electron chi connectivity index (χ1n) is 6.47. The Morgan fingerprint density at radius 1 is 1.25 bits per heavy atom. The molecule has 0 aliphatic carbocycles. The summed E-state index contributed by atoms with van der Waals surface area (Å²) in [5.41, 5.74) is -5.81. The molecule has 0 fully saturated rings. The van der Waals surface area contributed by atoms with Gasteiger partial charge in [-0.2, -0.15) is 21.6 Å². The summed E-state index contributed by atoms with van der Waals surface area (Å²) in [6.07, 6.45) is 0. The Kier molecular flexibility index (Phi) is 4.95. The molecule has 0 heterocycles. The molecule has 0 atom stereocenters. The lowest BCUT2D eigenvalue weighted by Crippen LogP contribution is -2.28. The predicted molar refractivity (Wildman–Crippen MR) is 80.5 cm³/mol. The highest BCUT2D eigenvalue weighted by atomic mass is 35.5. The number of carbonyl (C=O) groups is 1. The summed E-state index contributed by atoms with van der Waals surface area (Å²) in [6, 6.07) is 6.23. The maximum Gasteiger partial charge on any atom is 0.534 e.